The summed E-state index contributed by atoms with van der Waals surface area (Å²) in [7, 11) is 2.28. The minimum atomic E-state index is 0.347. The van der Waals surface area contributed by atoms with Crippen LogP contribution in [0, 0.1) is 5.92 Å². The molecule has 0 amide bonds. The van der Waals surface area contributed by atoms with Crippen molar-refractivity contribution in [1.29, 1.82) is 0 Å². The minimum Gasteiger partial charge on any atom is -0.314 e. The van der Waals surface area contributed by atoms with Crippen molar-refractivity contribution >= 4 is 0 Å². The number of nitrogens with one attached hydrogen (secondary N) is 1. The molecule has 0 heterocycles. The molecule has 0 aromatic rings. The summed E-state index contributed by atoms with van der Waals surface area (Å²) in [5.74, 6) is 0.857. The molecule has 0 aromatic heterocycles. The lowest BCUT2D eigenvalue weighted by Crippen LogP contribution is -2.46. The van der Waals surface area contributed by atoms with Crippen LogP contribution in [0.4, 0.5) is 0 Å². The van der Waals surface area contributed by atoms with Crippen molar-refractivity contribution in [3.63, 3.8) is 0 Å². The van der Waals surface area contributed by atoms with Crippen LogP contribution in [0.25, 0.3) is 0 Å². The van der Waals surface area contributed by atoms with Crippen LogP contribution in [-0.4, -0.2) is 36.6 Å². The Balaban J connectivity index is 2.46. The fourth-order valence-electron chi connectivity index (χ4n) is 2.66. The standard InChI is InChI=1S/C14H30N2/c1-6-14(3,4)16(5)11-12-9-8-10-13(12)15-7-2/h12-13,15H,6-11H2,1-5H3. The van der Waals surface area contributed by atoms with Gasteiger partial charge in [0.2, 0.25) is 0 Å². The molecule has 2 unspecified atom stereocenters. The van der Waals surface area contributed by atoms with E-state index in [4.69, 9.17) is 0 Å². The van der Waals surface area contributed by atoms with Gasteiger partial charge >= 0.3 is 0 Å². The zero-order chi connectivity index (χ0) is 12.2. The molecule has 0 aliphatic heterocycles. The Hall–Kier alpha value is -0.0800. The molecule has 0 bridgehead atoms. The third kappa shape index (κ3) is 3.46. The van der Waals surface area contributed by atoms with E-state index in [-0.39, 0.29) is 0 Å². The molecular formula is C14H30N2. The van der Waals surface area contributed by atoms with Crippen molar-refractivity contribution < 1.29 is 0 Å². The van der Waals surface area contributed by atoms with E-state index in [1.807, 2.05) is 0 Å². The first-order chi connectivity index (χ1) is 7.51. The molecule has 1 fully saturated rings. The van der Waals surface area contributed by atoms with E-state index in [0.29, 0.717) is 5.54 Å². The summed E-state index contributed by atoms with van der Waals surface area (Å²) in [4.78, 5) is 2.55. The van der Waals surface area contributed by atoms with Crippen LogP contribution in [-0.2, 0) is 0 Å². The number of hydrogen-bond donors (Lipinski definition) is 1. The van der Waals surface area contributed by atoms with Crippen molar-refractivity contribution in [3.8, 4) is 0 Å². The Morgan fingerprint density at radius 3 is 2.50 bits per heavy atom. The van der Waals surface area contributed by atoms with Crippen molar-refractivity contribution in [2.75, 3.05) is 20.1 Å². The molecule has 1 aliphatic carbocycles. The topological polar surface area (TPSA) is 15.3 Å². The molecule has 1 N–H and O–H groups in total. The van der Waals surface area contributed by atoms with Crippen LogP contribution >= 0.6 is 0 Å². The Morgan fingerprint density at radius 1 is 1.25 bits per heavy atom. The maximum atomic E-state index is 3.64. The summed E-state index contributed by atoms with van der Waals surface area (Å²) in [5, 5.41) is 3.64. The van der Waals surface area contributed by atoms with Crippen LogP contribution in [0.5, 0.6) is 0 Å². The van der Waals surface area contributed by atoms with E-state index in [0.717, 1.165) is 18.5 Å². The highest BCUT2D eigenvalue weighted by atomic mass is 15.2. The highest BCUT2D eigenvalue weighted by Gasteiger charge is 2.30. The predicted molar refractivity (Wildman–Crippen MR) is 71.8 cm³/mol. The second-order valence-corrected chi connectivity index (χ2v) is 5.90. The van der Waals surface area contributed by atoms with Crippen molar-refractivity contribution in [2.45, 2.75) is 65.0 Å². The Morgan fingerprint density at radius 2 is 1.94 bits per heavy atom. The van der Waals surface area contributed by atoms with Gasteiger partial charge in [0.15, 0.2) is 0 Å². The van der Waals surface area contributed by atoms with Gasteiger partial charge in [-0.1, -0.05) is 20.3 Å². The van der Waals surface area contributed by atoms with Gasteiger partial charge in [0.1, 0.15) is 0 Å². The number of rotatable bonds is 6. The fourth-order valence-corrected chi connectivity index (χ4v) is 2.66. The molecule has 1 saturated carbocycles. The second-order valence-electron chi connectivity index (χ2n) is 5.90. The highest BCUT2D eigenvalue weighted by molar-refractivity contribution is 4.87. The number of hydrogen-bond acceptors (Lipinski definition) is 2. The van der Waals surface area contributed by atoms with Gasteiger partial charge in [0, 0.05) is 18.1 Å². The number of nitrogens with zero attached hydrogens (tertiary/aromatic N) is 1. The SMILES string of the molecule is CCNC1CCCC1CN(C)C(C)(C)CC. The van der Waals surface area contributed by atoms with Crippen molar-refractivity contribution in [3.05, 3.63) is 0 Å². The normalized spacial score (nSPS) is 26.6. The first kappa shape index (κ1) is 14.0. The van der Waals surface area contributed by atoms with Crippen LogP contribution < -0.4 is 5.32 Å². The van der Waals surface area contributed by atoms with Crippen LogP contribution in [0.1, 0.15) is 53.4 Å². The molecule has 1 aliphatic rings. The molecule has 16 heavy (non-hydrogen) atoms. The van der Waals surface area contributed by atoms with Gasteiger partial charge in [-0.3, -0.25) is 0 Å². The summed E-state index contributed by atoms with van der Waals surface area (Å²) < 4.78 is 0. The maximum absolute atomic E-state index is 3.64. The molecular weight excluding hydrogens is 196 g/mol. The Kier molecular flexibility index (Phi) is 5.26. The zero-order valence-electron chi connectivity index (χ0n) is 11.8. The molecule has 96 valence electrons. The molecule has 2 atom stereocenters. The lowest BCUT2D eigenvalue weighted by atomic mass is 9.96. The van der Waals surface area contributed by atoms with Gasteiger partial charge in [-0.15, -0.1) is 0 Å². The summed E-state index contributed by atoms with van der Waals surface area (Å²) >= 11 is 0. The second kappa shape index (κ2) is 6.02. The van der Waals surface area contributed by atoms with E-state index in [2.05, 4.69) is 45.0 Å². The lowest BCUT2D eigenvalue weighted by molar-refractivity contribution is 0.121. The van der Waals surface area contributed by atoms with E-state index in [1.54, 1.807) is 0 Å². The maximum Gasteiger partial charge on any atom is 0.0147 e. The first-order valence-corrected chi connectivity index (χ1v) is 6.96. The Bertz CT molecular complexity index is 201. The van der Waals surface area contributed by atoms with E-state index in [1.165, 1.54) is 32.2 Å². The predicted octanol–water partition coefficient (Wildman–Crippen LogP) is 2.89. The average molecular weight is 226 g/mol. The molecule has 1 rings (SSSR count). The van der Waals surface area contributed by atoms with Gasteiger partial charge in [0.25, 0.3) is 0 Å². The molecule has 0 radical (unpaired) electrons. The molecule has 2 heteroatoms. The molecule has 0 aromatic carbocycles. The van der Waals surface area contributed by atoms with Gasteiger partial charge in [-0.05, 0) is 52.6 Å². The quantitative estimate of drug-likeness (QED) is 0.749. The molecule has 0 spiro atoms. The Labute approximate surface area is 102 Å². The third-order valence-electron chi connectivity index (χ3n) is 4.53. The molecule has 2 nitrogen and oxygen atoms in total. The summed E-state index contributed by atoms with van der Waals surface area (Å²) in [6.45, 7) is 11.6. The first-order valence-electron chi connectivity index (χ1n) is 6.96. The van der Waals surface area contributed by atoms with Gasteiger partial charge in [-0.25, -0.2) is 0 Å². The third-order valence-corrected chi connectivity index (χ3v) is 4.53. The van der Waals surface area contributed by atoms with E-state index >= 15 is 0 Å². The smallest absolute Gasteiger partial charge is 0.0147 e. The highest BCUT2D eigenvalue weighted by Crippen LogP contribution is 2.28. The summed E-state index contributed by atoms with van der Waals surface area (Å²) in [6, 6.07) is 0.764. The summed E-state index contributed by atoms with van der Waals surface area (Å²) in [5.41, 5.74) is 0.347. The zero-order valence-corrected chi connectivity index (χ0v) is 11.8. The van der Waals surface area contributed by atoms with Gasteiger partial charge < -0.3 is 10.2 Å². The molecule has 0 saturated heterocycles. The monoisotopic (exact) mass is 226 g/mol. The van der Waals surface area contributed by atoms with Gasteiger partial charge in [-0.2, -0.15) is 0 Å². The van der Waals surface area contributed by atoms with Crippen LogP contribution in [0.3, 0.4) is 0 Å². The summed E-state index contributed by atoms with van der Waals surface area (Å²) in [6.07, 6.45) is 5.41. The van der Waals surface area contributed by atoms with Crippen molar-refractivity contribution in [2.24, 2.45) is 5.92 Å². The largest absolute Gasteiger partial charge is 0.314 e. The van der Waals surface area contributed by atoms with Crippen molar-refractivity contribution in [1.82, 2.24) is 10.2 Å². The lowest BCUT2D eigenvalue weighted by Gasteiger charge is -2.37. The van der Waals surface area contributed by atoms with Crippen LogP contribution in [0.2, 0.25) is 0 Å². The van der Waals surface area contributed by atoms with E-state index < -0.39 is 0 Å². The van der Waals surface area contributed by atoms with Crippen LogP contribution in [0.15, 0.2) is 0 Å². The minimum absolute atomic E-state index is 0.347. The van der Waals surface area contributed by atoms with Gasteiger partial charge in [0.05, 0.1) is 0 Å². The fraction of sp³-hybridized carbons (Fsp3) is 1.00. The van der Waals surface area contributed by atoms with E-state index in [9.17, 15) is 0 Å². The average Bonchev–Trinajstić information content (AvgIpc) is 2.66.